The van der Waals surface area contributed by atoms with Gasteiger partial charge in [0.05, 0.1) is 23.8 Å². The highest BCUT2D eigenvalue weighted by Gasteiger charge is 2.30. The van der Waals surface area contributed by atoms with Gasteiger partial charge in [0.1, 0.15) is 18.2 Å². The van der Waals surface area contributed by atoms with E-state index in [1.165, 1.54) is 12.1 Å². The van der Waals surface area contributed by atoms with Crippen LogP contribution in [0.4, 0.5) is 10.1 Å². The molecule has 4 nitrogen and oxygen atoms in total. The Hall–Kier alpha value is -2.82. The summed E-state index contributed by atoms with van der Waals surface area (Å²) in [5, 5.41) is 2.65. The van der Waals surface area contributed by atoms with Crippen molar-refractivity contribution in [2.45, 2.75) is 0 Å². The number of carbonyl (C=O) groups is 1. The van der Waals surface area contributed by atoms with Crippen molar-refractivity contribution in [3.63, 3.8) is 0 Å². The zero-order chi connectivity index (χ0) is 14.4. The Kier molecular flexibility index (Phi) is 2.47. The summed E-state index contributed by atoms with van der Waals surface area (Å²) in [4.78, 5) is 12.1. The second-order valence-electron chi connectivity index (χ2n) is 4.85. The van der Waals surface area contributed by atoms with Crippen molar-refractivity contribution in [2.75, 3.05) is 11.9 Å². The quantitative estimate of drug-likeness (QED) is 0.818. The third-order valence-electron chi connectivity index (χ3n) is 3.55. The first kappa shape index (κ1) is 12.0. The third-order valence-corrected chi connectivity index (χ3v) is 3.55. The van der Waals surface area contributed by atoms with Crippen molar-refractivity contribution in [1.82, 2.24) is 0 Å². The van der Waals surface area contributed by atoms with E-state index < -0.39 is 0 Å². The number of furan rings is 1. The Labute approximate surface area is 119 Å². The van der Waals surface area contributed by atoms with Gasteiger partial charge in [0.25, 0.3) is 5.91 Å². The minimum Gasteiger partial charge on any atom is -0.488 e. The normalized spacial score (nSPS) is 20.0. The van der Waals surface area contributed by atoms with Gasteiger partial charge in [-0.25, -0.2) is 4.39 Å². The fourth-order valence-electron chi connectivity index (χ4n) is 2.54. The average Bonchev–Trinajstić information content (AvgIpc) is 3.15. The molecule has 2 aliphatic rings. The molecule has 5 heteroatoms. The summed E-state index contributed by atoms with van der Waals surface area (Å²) >= 11 is 0. The lowest BCUT2D eigenvalue weighted by molar-refractivity contribution is -0.110. The largest absolute Gasteiger partial charge is 0.488 e. The summed E-state index contributed by atoms with van der Waals surface area (Å²) in [7, 11) is 0. The lowest BCUT2D eigenvalue weighted by Crippen LogP contribution is -2.05. The number of carbonyl (C=O) groups excluding carboxylic acids is 1. The van der Waals surface area contributed by atoms with Gasteiger partial charge in [-0.2, -0.15) is 0 Å². The molecule has 0 unspecified atom stereocenters. The highest BCUT2D eigenvalue weighted by atomic mass is 19.1. The molecule has 1 aromatic carbocycles. The molecule has 0 saturated carbocycles. The van der Waals surface area contributed by atoms with Gasteiger partial charge >= 0.3 is 0 Å². The fraction of sp³-hybridized carbons (Fsp3) is 0.0625. The van der Waals surface area contributed by atoms with Crippen LogP contribution < -0.4 is 5.32 Å². The second-order valence-corrected chi connectivity index (χ2v) is 4.85. The lowest BCUT2D eigenvalue weighted by Gasteiger charge is -2.02. The Morgan fingerprint density at radius 3 is 2.95 bits per heavy atom. The first-order valence-electron chi connectivity index (χ1n) is 6.44. The molecule has 0 saturated heterocycles. The van der Waals surface area contributed by atoms with Gasteiger partial charge in [-0.05, 0) is 30.3 Å². The molecule has 0 atom stereocenters. The topological polar surface area (TPSA) is 51.5 Å². The van der Waals surface area contributed by atoms with Crippen molar-refractivity contribution in [1.29, 1.82) is 0 Å². The molecule has 0 bridgehead atoms. The summed E-state index contributed by atoms with van der Waals surface area (Å²) < 4.78 is 23.9. The van der Waals surface area contributed by atoms with Crippen molar-refractivity contribution >= 4 is 22.7 Å². The average molecular weight is 283 g/mol. The van der Waals surface area contributed by atoms with Crippen molar-refractivity contribution < 1.29 is 18.3 Å². The van der Waals surface area contributed by atoms with Crippen LogP contribution in [-0.2, 0) is 9.53 Å². The monoisotopic (exact) mass is 283 g/mol. The number of allylic oxidation sites excluding steroid dienone is 1. The van der Waals surface area contributed by atoms with E-state index in [2.05, 4.69) is 5.32 Å². The zero-order valence-electron chi connectivity index (χ0n) is 10.9. The smallest absolute Gasteiger partial charge is 0.260 e. The maximum atomic E-state index is 13.2. The predicted molar refractivity (Wildman–Crippen MR) is 74.6 cm³/mol. The summed E-state index contributed by atoms with van der Waals surface area (Å²) in [6, 6.07) is 6.05. The van der Waals surface area contributed by atoms with Crippen LogP contribution in [-0.4, -0.2) is 12.5 Å². The molecule has 0 fully saturated rings. The van der Waals surface area contributed by atoms with Gasteiger partial charge in [-0.1, -0.05) is 0 Å². The molecule has 4 rings (SSSR count). The number of nitrogens with one attached hydrogen (secondary N) is 1. The number of fused-ring (bicyclic) bond motifs is 1. The van der Waals surface area contributed by atoms with E-state index >= 15 is 0 Å². The van der Waals surface area contributed by atoms with E-state index in [0.717, 1.165) is 11.1 Å². The minimum atomic E-state index is -0.387. The van der Waals surface area contributed by atoms with Gasteiger partial charge in [0.2, 0.25) is 0 Å². The molecule has 104 valence electrons. The van der Waals surface area contributed by atoms with Crippen LogP contribution in [0.5, 0.6) is 0 Å². The van der Waals surface area contributed by atoms with E-state index in [4.69, 9.17) is 9.15 Å². The van der Waals surface area contributed by atoms with E-state index in [0.29, 0.717) is 29.2 Å². The van der Waals surface area contributed by atoms with E-state index in [1.54, 1.807) is 18.6 Å². The highest BCUT2D eigenvalue weighted by Crippen LogP contribution is 2.37. The Balaban J connectivity index is 1.82. The second kappa shape index (κ2) is 4.34. The van der Waals surface area contributed by atoms with Gasteiger partial charge in [0.15, 0.2) is 0 Å². The first-order valence-corrected chi connectivity index (χ1v) is 6.44. The summed E-state index contributed by atoms with van der Waals surface area (Å²) in [6.07, 6.45) is 5.03. The number of rotatable bonds is 1. The van der Waals surface area contributed by atoms with Crippen molar-refractivity contribution in [2.24, 2.45) is 0 Å². The number of halogens is 1. The molecule has 0 radical (unpaired) electrons. The summed E-state index contributed by atoms with van der Waals surface area (Å²) in [6.45, 7) is 0.377. The predicted octanol–water partition coefficient (Wildman–Crippen LogP) is 3.20. The summed E-state index contributed by atoms with van der Waals surface area (Å²) in [5.41, 5.74) is 3.42. The minimum absolute atomic E-state index is 0.282. The SMILES string of the molecule is O=C1Nc2cc(F)ccc2C1=C1C=C(c2ccoc2)CO1. The maximum absolute atomic E-state index is 13.2. The van der Waals surface area contributed by atoms with Crippen LogP contribution in [0.25, 0.3) is 11.1 Å². The fourth-order valence-corrected chi connectivity index (χ4v) is 2.54. The molecule has 2 aliphatic heterocycles. The van der Waals surface area contributed by atoms with Crippen LogP contribution in [0.3, 0.4) is 0 Å². The number of ether oxygens (including phenoxy) is 1. The maximum Gasteiger partial charge on any atom is 0.260 e. The molecule has 0 spiro atoms. The van der Waals surface area contributed by atoms with Crippen molar-refractivity contribution in [3.05, 3.63) is 65.6 Å². The van der Waals surface area contributed by atoms with Crippen LogP contribution in [0.2, 0.25) is 0 Å². The number of hydrogen-bond acceptors (Lipinski definition) is 3. The van der Waals surface area contributed by atoms with Gasteiger partial charge < -0.3 is 14.5 Å². The standard InChI is InChI=1S/C16H10FNO3/c17-11-1-2-12-13(6-11)18-16(19)15(12)14-5-10(8-21-14)9-3-4-20-7-9/h1-7H,8H2,(H,18,19). The van der Waals surface area contributed by atoms with Crippen molar-refractivity contribution in [3.8, 4) is 0 Å². The third kappa shape index (κ3) is 1.86. The number of amides is 1. The van der Waals surface area contributed by atoms with Crippen LogP contribution >= 0.6 is 0 Å². The Morgan fingerprint density at radius 2 is 2.14 bits per heavy atom. The Bertz CT molecular complexity index is 803. The zero-order valence-corrected chi connectivity index (χ0v) is 10.9. The number of hydrogen-bond donors (Lipinski definition) is 1. The molecule has 1 N–H and O–H groups in total. The lowest BCUT2D eigenvalue weighted by atomic mass is 10.0. The molecule has 0 aliphatic carbocycles. The molecule has 3 heterocycles. The van der Waals surface area contributed by atoms with Gasteiger partial charge in [-0.3, -0.25) is 4.79 Å². The molecule has 21 heavy (non-hydrogen) atoms. The van der Waals surface area contributed by atoms with Crippen LogP contribution in [0.1, 0.15) is 11.1 Å². The number of anilines is 1. The molecule has 1 amide bonds. The molecule has 2 aromatic rings. The summed E-state index contributed by atoms with van der Waals surface area (Å²) in [5.74, 6) is -0.174. The molecule has 1 aromatic heterocycles. The number of benzene rings is 1. The molecular weight excluding hydrogens is 273 g/mol. The van der Waals surface area contributed by atoms with E-state index in [-0.39, 0.29) is 11.7 Å². The van der Waals surface area contributed by atoms with Gasteiger partial charge in [0, 0.05) is 16.7 Å². The van der Waals surface area contributed by atoms with E-state index in [1.807, 2.05) is 12.1 Å². The van der Waals surface area contributed by atoms with Crippen LogP contribution in [0, 0.1) is 5.82 Å². The molecular formula is C16H10FNO3. The first-order chi connectivity index (χ1) is 10.2. The Morgan fingerprint density at radius 1 is 1.24 bits per heavy atom. The van der Waals surface area contributed by atoms with Gasteiger partial charge in [-0.15, -0.1) is 0 Å². The van der Waals surface area contributed by atoms with Crippen LogP contribution in [0.15, 0.2) is 53.0 Å². The highest BCUT2D eigenvalue weighted by molar-refractivity contribution is 6.32. The van der Waals surface area contributed by atoms with E-state index in [9.17, 15) is 9.18 Å².